The molecule has 0 bridgehead atoms. The van der Waals surface area contributed by atoms with Crippen molar-refractivity contribution in [1.82, 2.24) is 0 Å². The van der Waals surface area contributed by atoms with Gasteiger partial charge in [-0.25, -0.2) is 0 Å². The molecule has 0 aliphatic heterocycles. The lowest BCUT2D eigenvalue weighted by Gasteiger charge is -2.16. The van der Waals surface area contributed by atoms with E-state index >= 15 is 0 Å². The predicted molar refractivity (Wildman–Crippen MR) is 63.1 cm³/mol. The van der Waals surface area contributed by atoms with Crippen LogP contribution in [-0.4, -0.2) is 14.6 Å². The maximum Gasteiger partial charge on any atom is 0.0460 e. The van der Waals surface area contributed by atoms with E-state index in [1.165, 1.54) is 11.7 Å². The van der Waals surface area contributed by atoms with E-state index in [2.05, 4.69) is 49.2 Å². The van der Waals surface area contributed by atoms with Gasteiger partial charge in [-0.1, -0.05) is 37.8 Å². The van der Waals surface area contributed by atoms with E-state index in [4.69, 9.17) is 0 Å². The number of benzene rings is 1. The molecule has 72 valence electrons. The number of para-hydroxylation sites is 1. The van der Waals surface area contributed by atoms with E-state index in [-0.39, 0.29) is 0 Å². The van der Waals surface area contributed by atoms with Crippen molar-refractivity contribution in [1.29, 1.82) is 0 Å². The zero-order valence-electron chi connectivity index (χ0n) is 8.80. The summed E-state index contributed by atoms with van der Waals surface area (Å²) in [5, 5.41) is 3.44. The summed E-state index contributed by atoms with van der Waals surface area (Å²) in [7, 11) is -0.874. The molecule has 1 N–H and O–H groups in total. The fourth-order valence-corrected chi connectivity index (χ4v) is 2.01. The Morgan fingerprint density at radius 3 is 2.23 bits per heavy atom. The van der Waals surface area contributed by atoms with Gasteiger partial charge in [-0.15, -0.1) is 0 Å². The highest BCUT2D eigenvalue weighted by molar-refractivity contribution is 6.76. The second kappa shape index (κ2) is 4.47. The van der Waals surface area contributed by atoms with Gasteiger partial charge in [0, 0.05) is 20.3 Å². The number of hydrogen-bond donors (Lipinski definition) is 1. The summed E-state index contributed by atoms with van der Waals surface area (Å²) in [6.07, 6.45) is 0. The summed E-state index contributed by atoms with van der Waals surface area (Å²) < 4.78 is 0. The van der Waals surface area contributed by atoms with Crippen LogP contribution in [0.15, 0.2) is 30.3 Å². The van der Waals surface area contributed by atoms with E-state index in [1.54, 1.807) is 0 Å². The monoisotopic (exact) mass is 193 g/mol. The third-order valence-corrected chi connectivity index (χ3v) is 3.73. The first kappa shape index (κ1) is 10.3. The molecule has 0 aliphatic rings. The first-order chi connectivity index (χ1) is 6.08. The van der Waals surface area contributed by atoms with Gasteiger partial charge < -0.3 is 5.32 Å². The van der Waals surface area contributed by atoms with Crippen LogP contribution in [0.25, 0.3) is 0 Å². The van der Waals surface area contributed by atoms with Crippen molar-refractivity contribution in [3.8, 4) is 0 Å². The largest absolute Gasteiger partial charge is 0.385 e. The molecule has 0 radical (unpaired) electrons. The number of anilines is 1. The fourth-order valence-electron chi connectivity index (χ4n) is 1.14. The minimum absolute atomic E-state index is 0.874. The molecule has 0 saturated heterocycles. The van der Waals surface area contributed by atoms with E-state index in [0.29, 0.717) is 0 Å². The second-order valence-corrected chi connectivity index (χ2v) is 10.2. The quantitative estimate of drug-likeness (QED) is 0.722. The van der Waals surface area contributed by atoms with Crippen molar-refractivity contribution in [2.75, 3.05) is 11.9 Å². The fraction of sp³-hybridized carbons (Fsp3) is 0.455. The van der Waals surface area contributed by atoms with Gasteiger partial charge in [0.05, 0.1) is 0 Å². The molecule has 0 spiro atoms. The number of hydrogen-bond acceptors (Lipinski definition) is 1. The molecular weight excluding hydrogens is 174 g/mol. The predicted octanol–water partition coefficient (Wildman–Crippen LogP) is 3.44. The Morgan fingerprint density at radius 1 is 1.08 bits per heavy atom. The lowest BCUT2D eigenvalue weighted by Crippen LogP contribution is -2.23. The van der Waals surface area contributed by atoms with Gasteiger partial charge in [-0.2, -0.15) is 0 Å². The molecule has 1 aromatic carbocycles. The van der Waals surface area contributed by atoms with E-state index in [9.17, 15) is 0 Å². The zero-order valence-corrected chi connectivity index (χ0v) is 9.80. The van der Waals surface area contributed by atoms with Gasteiger partial charge in [-0.05, 0) is 18.2 Å². The lowest BCUT2D eigenvalue weighted by molar-refractivity contribution is 1.16. The molecule has 0 aromatic heterocycles. The SMILES string of the molecule is C[Si](C)(C)CCNc1ccccc1. The van der Waals surface area contributed by atoms with Crippen LogP contribution >= 0.6 is 0 Å². The molecule has 0 aliphatic carbocycles. The molecule has 1 aromatic rings. The summed E-state index contributed by atoms with van der Waals surface area (Å²) >= 11 is 0. The minimum atomic E-state index is -0.874. The highest BCUT2D eigenvalue weighted by Crippen LogP contribution is 2.10. The van der Waals surface area contributed by atoms with E-state index < -0.39 is 8.07 Å². The Hall–Kier alpha value is -0.763. The lowest BCUT2D eigenvalue weighted by atomic mass is 10.3. The van der Waals surface area contributed by atoms with Crippen molar-refractivity contribution < 1.29 is 0 Å². The molecule has 0 heterocycles. The smallest absolute Gasteiger partial charge is 0.0460 e. The van der Waals surface area contributed by atoms with Crippen molar-refractivity contribution in [3.05, 3.63) is 30.3 Å². The molecule has 0 amide bonds. The Labute approximate surface area is 82.2 Å². The van der Waals surface area contributed by atoms with Crippen molar-refractivity contribution in [2.24, 2.45) is 0 Å². The van der Waals surface area contributed by atoms with Crippen LogP contribution in [-0.2, 0) is 0 Å². The van der Waals surface area contributed by atoms with Gasteiger partial charge in [0.15, 0.2) is 0 Å². The van der Waals surface area contributed by atoms with Gasteiger partial charge in [-0.3, -0.25) is 0 Å². The number of nitrogens with one attached hydrogen (secondary N) is 1. The molecule has 0 atom stereocenters. The van der Waals surface area contributed by atoms with Crippen molar-refractivity contribution in [2.45, 2.75) is 25.7 Å². The molecule has 2 heteroatoms. The third kappa shape index (κ3) is 4.73. The highest BCUT2D eigenvalue weighted by atomic mass is 28.3. The Balaban J connectivity index is 2.29. The zero-order chi connectivity index (χ0) is 9.73. The molecule has 0 unspecified atom stereocenters. The maximum atomic E-state index is 3.44. The molecule has 1 rings (SSSR count). The van der Waals surface area contributed by atoms with Crippen LogP contribution in [0.4, 0.5) is 5.69 Å². The summed E-state index contributed by atoms with van der Waals surface area (Å²) in [6.45, 7) is 8.32. The number of rotatable bonds is 4. The third-order valence-electron chi connectivity index (χ3n) is 1.98. The van der Waals surface area contributed by atoms with Crippen LogP contribution in [0.2, 0.25) is 25.7 Å². The summed E-state index contributed by atoms with van der Waals surface area (Å²) in [5.74, 6) is 0. The van der Waals surface area contributed by atoms with Crippen molar-refractivity contribution >= 4 is 13.8 Å². The first-order valence-electron chi connectivity index (χ1n) is 4.87. The molecular formula is C11H19NSi. The summed E-state index contributed by atoms with van der Waals surface area (Å²) in [6, 6.07) is 11.7. The van der Waals surface area contributed by atoms with Gasteiger partial charge in [0.25, 0.3) is 0 Å². The summed E-state index contributed by atoms with van der Waals surface area (Å²) in [4.78, 5) is 0. The normalized spacial score (nSPS) is 11.3. The Kier molecular flexibility index (Phi) is 3.55. The van der Waals surface area contributed by atoms with Gasteiger partial charge in [0.2, 0.25) is 0 Å². The Bertz CT molecular complexity index is 238. The van der Waals surface area contributed by atoms with Crippen LogP contribution in [0.1, 0.15) is 0 Å². The van der Waals surface area contributed by atoms with Crippen LogP contribution in [0.3, 0.4) is 0 Å². The standard InChI is InChI=1S/C11H19NSi/c1-13(2,3)10-9-12-11-7-5-4-6-8-11/h4-8,12H,9-10H2,1-3H3. The van der Waals surface area contributed by atoms with Crippen molar-refractivity contribution in [3.63, 3.8) is 0 Å². The molecule has 1 nitrogen and oxygen atoms in total. The minimum Gasteiger partial charge on any atom is -0.385 e. The topological polar surface area (TPSA) is 12.0 Å². The maximum absolute atomic E-state index is 3.44. The average molecular weight is 193 g/mol. The average Bonchev–Trinajstić information content (AvgIpc) is 2.04. The molecule has 0 saturated carbocycles. The first-order valence-corrected chi connectivity index (χ1v) is 8.57. The summed E-state index contributed by atoms with van der Waals surface area (Å²) in [5.41, 5.74) is 1.24. The van der Waals surface area contributed by atoms with Crippen LogP contribution < -0.4 is 5.32 Å². The van der Waals surface area contributed by atoms with E-state index in [1.807, 2.05) is 6.07 Å². The van der Waals surface area contributed by atoms with Crippen LogP contribution in [0, 0.1) is 0 Å². The Morgan fingerprint density at radius 2 is 1.69 bits per heavy atom. The molecule has 13 heavy (non-hydrogen) atoms. The van der Waals surface area contributed by atoms with Gasteiger partial charge >= 0.3 is 0 Å². The van der Waals surface area contributed by atoms with E-state index in [0.717, 1.165) is 6.54 Å². The highest BCUT2D eigenvalue weighted by Gasteiger charge is 2.11. The second-order valence-electron chi connectivity index (χ2n) is 4.60. The molecule has 0 fully saturated rings. The van der Waals surface area contributed by atoms with Gasteiger partial charge in [0.1, 0.15) is 0 Å². The van der Waals surface area contributed by atoms with Crippen LogP contribution in [0.5, 0.6) is 0 Å².